The molecule has 0 radical (unpaired) electrons. The van der Waals surface area contributed by atoms with Crippen molar-refractivity contribution in [3.8, 4) is 5.75 Å². The summed E-state index contributed by atoms with van der Waals surface area (Å²) in [5, 5.41) is 0. The molecule has 1 atom stereocenters. The summed E-state index contributed by atoms with van der Waals surface area (Å²) in [6.45, 7) is 12.6. The summed E-state index contributed by atoms with van der Waals surface area (Å²) < 4.78 is 6.13. The van der Waals surface area contributed by atoms with Gasteiger partial charge in [-0.15, -0.1) is 0 Å². The van der Waals surface area contributed by atoms with Crippen molar-refractivity contribution in [1.29, 1.82) is 0 Å². The first kappa shape index (κ1) is 17.6. The maximum absolute atomic E-state index is 6.13. The fourth-order valence-electron chi connectivity index (χ4n) is 2.88. The molecule has 0 aromatic heterocycles. The summed E-state index contributed by atoms with van der Waals surface area (Å²) in [6.07, 6.45) is 0. The van der Waals surface area contributed by atoms with Crippen molar-refractivity contribution in [3.63, 3.8) is 0 Å². The molecule has 2 aromatic rings. The van der Waals surface area contributed by atoms with Gasteiger partial charge >= 0.3 is 0 Å². The molecule has 2 rings (SSSR count). The summed E-state index contributed by atoms with van der Waals surface area (Å²) in [5.41, 5.74) is 3.88. The highest BCUT2D eigenvalue weighted by atomic mass is 16.5. The predicted molar refractivity (Wildman–Crippen MR) is 98.4 cm³/mol. The zero-order valence-electron chi connectivity index (χ0n) is 14.9. The minimum Gasteiger partial charge on any atom is -0.492 e. The average Bonchev–Trinajstić information content (AvgIpc) is 2.60. The number of ether oxygens (including phenoxy) is 1. The van der Waals surface area contributed by atoms with Gasteiger partial charge in [0.05, 0.1) is 0 Å². The van der Waals surface area contributed by atoms with Crippen molar-refractivity contribution in [1.82, 2.24) is 4.90 Å². The standard InChI is InChI=1S/C21H29NO/c1-5-22(6-2)14-15-23-21-13-12-17(3)16-20(21)18(4)19-10-8-7-9-11-19/h7-13,16,18H,5-6,14-15H2,1-4H3/t18-/m1/s1. The molecule has 2 heteroatoms. The maximum Gasteiger partial charge on any atom is 0.123 e. The Morgan fingerprint density at radius 2 is 1.70 bits per heavy atom. The Hall–Kier alpha value is -1.80. The van der Waals surface area contributed by atoms with Gasteiger partial charge < -0.3 is 9.64 Å². The Kier molecular flexibility index (Phi) is 6.66. The number of likely N-dealkylation sites (N-methyl/N-ethyl adjacent to an activating group) is 1. The van der Waals surface area contributed by atoms with Gasteiger partial charge in [-0.05, 0) is 31.6 Å². The van der Waals surface area contributed by atoms with Crippen LogP contribution in [0.5, 0.6) is 5.75 Å². The Morgan fingerprint density at radius 3 is 2.35 bits per heavy atom. The van der Waals surface area contributed by atoms with Gasteiger partial charge in [0, 0.05) is 18.0 Å². The zero-order chi connectivity index (χ0) is 16.7. The summed E-state index contributed by atoms with van der Waals surface area (Å²) in [4.78, 5) is 2.38. The molecule has 0 heterocycles. The summed E-state index contributed by atoms with van der Waals surface area (Å²) in [5.74, 6) is 1.35. The second kappa shape index (κ2) is 8.73. The van der Waals surface area contributed by atoms with E-state index in [2.05, 4.69) is 81.1 Å². The maximum atomic E-state index is 6.13. The number of aryl methyl sites for hydroxylation is 1. The molecule has 0 saturated carbocycles. The van der Waals surface area contributed by atoms with E-state index in [0.717, 1.165) is 32.0 Å². The fraction of sp³-hybridized carbons (Fsp3) is 0.429. The third-order valence-corrected chi connectivity index (χ3v) is 4.49. The van der Waals surface area contributed by atoms with Crippen LogP contribution in [-0.4, -0.2) is 31.1 Å². The van der Waals surface area contributed by atoms with Crippen LogP contribution in [0.4, 0.5) is 0 Å². The summed E-state index contributed by atoms with van der Waals surface area (Å²) in [6, 6.07) is 17.1. The molecule has 0 N–H and O–H groups in total. The van der Waals surface area contributed by atoms with Crippen molar-refractivity contribution in [2.75, 3.05) is 26.2 Å². The molecule has 23 heavy (non-hydrogen) atoms. The molecular weight excluding hydrogens is 282 g/mol. The molecule has 0 saturated heterocycles. The molecule has 2 nitrogen and oxygen atoms in total. The first-order chi connectivity index (χ1) is 11.2. The quantitative estimate of drug-likeness (QED) is 0.690. The average molecular weight is 311 g/mol. The lowest BCUT2D eigenvalue weighted by Gasteiger charge is -2.21. The second-order valence-electron chi connectivity index (χ2n) is 6.05. The van der Waals surface area contributed by atoms with Crippen molar-refractivity contribution in [2.45, 2.75) is 33.6 Å². The Morgan fingerprint density at radius 1 is 1.00 bits per heavy atom. The Labute approximate surface area is 141 Å². The first-order valence-electron chi connectivity index (χ1n) is 8.66. The molecule has 0 spiro atoms. The van der Waals surface area contributed by atoms with Crippen LogP contribution >= 0.6 is 0 Å². The van der Waals surface area contributed by atoms with Crippen LogP contribution in [0, 0.1) is 6.92 Å². The molecule has 0 bridgehead atoms. The highest BCUT2D eigenvalue weighted by Crippen LogP contribution is 2.32. The normalized spacial score (nSPS) is 12.4. The van der Waals surface area contributed by atoms with Gasteiger partial charge in [-0.25, -0.2) is 0 Å². The van der Waals surface area contributed by atoms with E-state index in [1.165, 1.54) is 16.7 Å². The van der Waals surface area contributed by atoms with Crippen LogP contribution in [0.2, 0.25) is 0 Å². The van der Waals surface area contributed by atoms with E-state index in [-0.39, 0.29) is 0 Å². The van der Waals surface area contributed by atoms with Crippen LogP contribution in [0.15, 0.2) is 48.5 Å². The van der Waals surface area contributed by atoms with Crippen LogP contribution < -0.4 is 4.74 Å². The molecular formula is C21H29NO. The van der Waals surface area contributed by atoms with Gasteiger partial charge in [0.15, 0.2) is 0 Å². The van der Waals surface area contributed by atoms with Crippen molar-refractivity contribution >= 4 is 0 Å². The largest absolute Gasteiger partial charge is 0.492 e. The van der Waals surface area contributed by atoms with Crippen molar-refractivity contribution in [3.05, 3.63) is 65.2 Å². The van der Waals surface area contributed by atoms with E-state index in [4.69, 9.17) is 4.74 Å². The molecule has 0 amide bonds. The van der Waals surface area contributed by atoms with Gasteiger partial charge in [0.25, 0.3) is 0 Å². The van der Waals surface area contributed by atoms with Gasteiger partial charge in [-0.2, -0.15) is 0 Å². The van der Waals surface area contributed by atoms with E-state index in [1.807, 2.05) is 0 Å². The highest BCUT2D eigenvalue weighted by Gasteiger charge is 2.14. The Balaban J connectivity index is 2.14. The molecule has 124 valence electrons. The second-order valence-corrected chi connectivity index (χ2v) is 6.05. The lowest BCUT2D eigenvalue weighted by molar-refractivity contribution is 0.221. The minimum absolute atomic E-state index is 0.333. The van der Waals surface area contributed by atoms with Crippen LogP contribution in [0.1, 0.15) is 43.4 Å². The fourth-order valence-corrected chi connectivity index (χ4v) is 2.88. The molecule has 0 aliphatic rings. The van der Waals surface area contributed by atoms with Crippen LogP contribution in [0.3, 0.4) is 0 Å². The van der Waals surface area contributed by atoms with Crippen LogP contribution in [-0.2, 0) is 0 Å². The lowest BCUT2D eigenvalue weighted by atomic mass is 9.91. The molecule has 0 unspecified atom stereocenters. The van der Waals surface area contributed by atoms with E-state index in [9.17, 15) is 0 Å². The monoisotopic (exact) mass is 311 g/mol. The molecule has 0 aliphatic carbocycles. The van der Waals surface area contributed by atoms with Crippen molar-refractivity contribution < 1.29 is 4.74 Å². The third-order valence-electron chi connectivity index (χ3n) is 4.49. The predicted octanol–water partition coefficient (Wildman–Crippen LogP) is 4.87. The van der Waals surface area contributed by atoms with E-state index in [0.29, 0.717) is 5.92 Å². The van der Waals surface area contributed by atoms with E-state index < -0.39 is 0 Å². The van der Waals surface area contributed by atoms with Gasteiger partial charge in [0.2, 0.25) is 0 Å². The van der Waals surface area contributed by atoms with E-state index in [1.54, 1.807) is 0 Å². The van der Waals surface area contributed by atoms with Gasteiger partial charge in [-0.1, -0.05) is 68.8 Å². The number of rotatable bonds is 8. The number of hydrogen-bond acceptors (Lipinski definition) is 2. The Bertz CT molecular complexity index is 590. The highest BCUT2D eigenvalue weighted by molar-refractivity contribution is 5.43. The number of benzene rings is 2. The number of hydrogen-bond donors (Lipinski definition) is 0. The minimum atomic E-state index is 0.333. The van der Waals surface area contributed by atoms with Gasteiger partial charge in [-0.3, -0.25) is 0 Å². The van der Waals surface area contributed by atoms with Crippen molar-refractivity contribution in [2.24, 2.45) is 0 Å². The van der Waals surface area contributed by atoms with E-state index >= 15 is 0 Å². The third kappa shape index (κ3) is 4.84. The topological polar surface area (TPSA) is 12.5 Å². The lowest BCUT2D eigenvalue weighted by Crippen LogP contribution is -2.28. The number of nitrogens with zero attached hydrogens (tertiary/aromatic N) is 1. The van der Waals surface area contributed by atoms with Gasteiger partial charge in [0.1, 0.15) is 12.4 Å². The van der Waals surface area contributed by atoms with Crippen LogP contribution in [0.25, 0.3) is 0 Å². The molecule has 2 aromatic carbocycles. The molecule has 0 aliphatic heterocycles. The zero-order valence-corrected chi connectivity index (χ0v) is 14.9. The summed E-state index contributed by atoms with van der Waals surface area (Å²) >= 11 is 0. The SMILES string of the molecule is CCN(CC)CCOc1ccc(C)cc1[C@H](C)c1ccccc1. The smallest absolute Gasteiger partial charge is 0.123 e. The first-order valence-corrected chi connectivity index (χ1v) is 8.66. The molecule has 0 fully saturated rings. The summed E-state index contributed by atoms with van der Waals surface area (Å²) in [7, 11) is 0.